The lowest BCUT2D eigenvalue weighted by molar-refractivity contribution is -0.613. The minimum Gasteiger partial charge on any atom is -0.616 e. The summed E-state index contributed by atoms with van der Waals surface area (Å²) in [6.07, 6.45) is -3.06. The molecule has 0 radical (unpaired) electrons. The zero-order chi connectivity index (χ0) is 18.8. The Bertz CT molecular complexity index is 913. The molecule has 1 atom stereocenters. The zero-order valence-corrected chi connectivity index (χ0v) is 13.2. The number of halogens is 4. The molecule has 0 N–H and O–H groups in total. The van der Waals surface area contributed by atoms with Gasteiger partial charge < -0.3 is 14.4 Å². The molecule has 136 valence electrons. The van der Waals surface area contributed by atoms with Crippen LogP contribution in [-0.2, 0) is 0 Å². The second-order valence-electron chi connectivity index (χ2n) is 5.22. The Morgan fingerprint density at radius 3 is 2.38 bits per heavy atom. The molecule has 1 aromatic carbocycles. The standard InChI is InChI=1S/C16H11F4N3O3/c1-8(13-10(17)3-2-4-11(13)18)25-12-6-5-9(7-23(12)24)15-21-22-16(26-15)14(19)20/h2-8,14H,1H3. The van der Waals surface area contributed by atoms with Crippen LogP contribution in [0.25, 0.3) is 11.5 Å². The van der Waals surface area contributed by atoms with Crippen LogP contribution in [0.15, 0.2) is 40.9 Å². The topological polar surface area (TPSA) is 75.1 Å². The van der Waals surface area contributed by atoms with E-state index in [0.717, 1.165) is 18.3 Å². The van der Waals surface area contributed by atoms with Gasteiger partial charge >= 0.3 is 12.3 Å². The van der Waals surface area contributed by atoms with Crippen LogP contribution in [0.2, 0.25) is 0 Å². The van der Waals surface area contributed by atoms with Crippen molar-refractivity contribution >= 4 is 0 Å². The second-order valence-corrected chi connectivity index (χ2v) is 5.22. The Morgan fingerprint density at radius 1 is 1.12 bits per heavy atom. The summed E-state index contributed by atoms with van der Waals surface area (Å²) >= 11 is 0. The summed E-state index contributed by atoms with van der Waals surface area (Å²) in [5, 5.41) is 18.6. The molecule has 6 nitrogen and oxygen atoms in total. The Balaban J connectivity index is 1.83. The minimum atomic E-state index is -2.94. The maximum Gasteiger partial charge on any atom is 0.380 e. The van der Waals surface area contributed by atoms with Gasteiger partial charge in [-0.3, -0.25) is 0 Å². The van der Waals surface area contributed by atoms with Gasteiger partial charge in [0.05, 0.1) is 11.6 Å². The number of alkyl halides is 2. The van der Waals surface area contributed by atoms with Crippen LogP contribution < -0.4 is 9.47 Å². The van der Waals surface area contributed by atoms with E-state index >= 15 is 0 Å². The third kappa shape index (κ3) is 3.44. The summed E-state index contributed by atoms with van der Waals surface area (Å²) in [5.74, 6) is -3.02. The monoisotopic (exact) mass is 369 g/mol. The molecule has 0 aliphatic heterocycles. The van der Waals surface area contributed by atoms with Gasteiger partial charge in [0.25, 0.3) is 11.8 Å². The van der Waals surface area contributed by atoms with Gasteiger partial charge in [-0.2, -0.15) is 8.78 Å². The van der Waals surface area contributed by atoms with E-state index in [9.17, 15) is 22.8 Å². The van der Waals surface area contributed by atoms with Crippen molar-refractivity contribution in [2.24, 2.45) is 0 Å². The normalized spacial score (nSPS) is 12.4. The fraction of sp³-hybridized carbons (Fsp3) is 0.188. The smallest absolute Gasteiger partial charge is 0.380 e. The lowest BCUT2D eigenvalue weighted by atomic mass is 10.1. The molecule has 3 rings (SSSR count). The van der Waals surface area contributed by atoms with Gasteiger partial charge in [-0.15, -0.1) is 14.9 Å². The predicted molar refractivity (Wildman–Crippen MR) is 79.1 cm³/mol. The molecule has 0 saturated carbocycles. The second kappa shape index (κ2) is 6.98. The third-order valence-corrected chi connectivity index (χ3v) is 3.46. The van der Waals surface area contributed by atoms with Gasteiger partial charge in [-0.1, -0.05) is 6.07 Å². The highest BCUT2D eigenvalue weighted by molar-refractivity contribution is 5.49. The van der Waals surface area contributed by atoms with Crippen molar-refractivity contribution in [2.75, 3.05) is 0 Å². The summed E-state index contributed by atoms with van der Waals surface area (Å²) in [7, 11) is 0. The number of rotatable bonds is 5. The molecule has 0 saturated heterocycles. The molecule has 0 spiro atoms. The van der Waals surface area contributed by atoms with Crippen molar-refractivity contribution in [1.82, 2.24) is 10.2 Å². The van der Waals surface area contributed by atoms with E-state index in [4.69, 9.17) is 9.15 Å². The minimum absolute atomic E-state index is 0.0801. The molecule has 0 aliphatic rings. The zero-order valence-electron chi connectivity index (χ0n) is 13.2. The number of hydrogen-bond donors (Lipinski definition) is 0. The molecular weight excluding hydrogens is 358 g/mol. The van der Waals surface area contributed by atoms with Gasteiger partial charge in [0.1, 0.15) is 23.3 Å². The van der Waals surface area contributed by atoms with Crippen LogP contribution in [0.5, 0.6) is 5.88 Å². The highest BCUT2D eigenvalue weighted by Crippen LogP contribution is 2.26. The maximum absolute atomic E-state index is 13.8. The summed E-state index contributed by atoms with van der Waals surface area (Å²) in [5.41, 5.74) is -0.244. The van der Waals surface area contributed by atoms with E-state index in [0.29, 0.717) is 0 Å². The molecule has 3 aromatic rings. The predicted octanol–water partition coefficient (Wildman–Crippen LogP) is 3.73. The fourth-order valence-corrected chi connectivity index (χ4v) is 2.26. The maximum atomic E-state index is 13.8. The molecular formula is C16H11F4N3O3. The summed E-state index contributed by atoms with van der Waals surface area (Å²) < 4.78 is 62.8. The van der Waals surface area contributed by atoms with E-state index in [-0.39, 0.29) is 27.6 Å². The first-order valence-electron chi connectivity index (χ1n) is 7.32. The molecule has 2 aromatic heterocycles. The number of nitrogens with zero attached hydrogens (tertiary/aromatic N) is 3. The highest BCUT2D eigenvalue weighted by atomic mass is 19.3. The van der Waals surface area contributed by atoms with Gasteiger partial charge in [-0.25, -0.2) is 8.78 Å². The van der Waals surface area contributed by atoms with Gasteiger partial charge in [0.15, 0.2) is 6.20 Å². The van der Waals surface area contributed by atoms with E-state index in [1.807, 2.05) is 0 Å². The first kappa shape index (κ1) is 17.6. The Kier molecular flexibility index (Phi) is 4.74. The number of ether oxygens (including phenoxy) is 1. The lowest BCUT2D eigenvalue weighted by Gasteiger charge is -2.15. The molecule has 0 amide bonds. The summed E-state index contributed by atoms with van der Waals surface area (Å²) in [6, 6.07) is 5.87. The molecule has 0 aliphatic carbocycles. The SMILES string of the molecule is CC(Oc1ccc(-c2nnc(C(F)F)o2)c[n+]1[O-])c1c(F)cccc1F. The average molecular weight is 369 g/mol. The molecule has 1 unspecified atom stereocenters. The number of hydrogen-bond acceptors (Lipinski definition) is 5. The van der Waals surface area contributed by atoms with Gasteiger partial charge in [-0.05, 0) is 25.1 Å². The van der Waals surface area contributed by atoms with Crippen molar-refractivity contribution in [2.45, 2.75) is 19.5 Å². The van der Waals surface area contributed by atoms with Crippen LogP contribution in [0.4, 0.5) is 17.6 Å². The van der Waals surface area contributed by atoms with E-state index in [1.54, 1.807) is 0 Å². The third-order valence-electron chi connectivity index (χ3n) is 3.46. The molecule has 26 heavy (non-hydrogen) atoms. The number of aromatic nitrogens is 3. The molecule has 2 heterocycles. The average Bonchev–Trinajstić information content (AvgIpc) is 3.07. The molecule has 0 bridgehead atoms. The van der Waals surface area contributed by atoms with Crippen LogP contribution in [0, 0.1) is 16.8 Å². The van der Waals surface area contributed by atoms with E-state index in [1.165, 1.54) is 25.1 Å². The quantitative estimate of drug-likeness (QED) is 0.389. The van der Waals surface area contributed by atoms with Crippen molar-refractivity contribution in [3.8, 4) is 17.3 Å². The van der Waals surface area contributed by atoms with Crippen molar-refractivity contribution in [3.63, 3.8) is 0 Å². The Morgan fingerprint density at radius 2 is 1.81 bits per heavy atom. The molecule has 10 heteroatoms. The van der Waals surface area contributed by atoms with E-state index < -0.39 is 30.1 Å². The first-order chi connectivity index (χ1) is 12.4. The van der Waals surface area contributed by atoms with Crippen LogP contribution >= 0.6 is 0 Å². The molecule has 0 fully saturated rings. The number of benzene rings is 1. The van der Waals surface area contributed by atoms with Crippen molar-refractivity contribution in [3.05, 3.63) is 64.8 Å². The fourth-order valence-electron chi connectivity index (χ4n) is 2.26. The van der Waals surface area contributed by atoms with Crippen molar-refractivity contribution < 1.29 is 31.4 Å². The summed E-state index contributed by atoms with van der Waals surface area (Å²) in [6.45, 7) is 1.38. The largest absolute Gasteiger partial charge is 0.616 e. The van der Waals surface area contributed by atoms with Crippen LogP contribution in [0.3, 0.4) is 0 Å². The van der Waals surface area contributed by atoms with Gasteiger partial charge in [0, 0.05) is 0 Å². The van der Waals surface area contributed by atoms with Crippen LogP contribution in [0.1, 0.15) is 30.9 Å². The lowest BCUT2D eigenvalue weighted by Crippen LogP contribution is -2.29. The highest BCUT2D eigenvalue weighted by Gasteiger charge is 2.22. The number of pyridine rings is 1. The van der Waals surface area contributed by atoms with Crippen LogP contribution in [-0.4, -0.2) is 10.2 Å². The first-order valence-corrected chi connectivity index (χ1v) is 7.32. The Hall–Kier alpha value is -3.17. The summed E-state index contributed by atoms with van der Waals surface area (Å²) in [4.78, 5) is 0. The van der Waals surface area contributed by atoms with E-state index in [2.05, 4.69) is 10.2 Å². The van der Waals surface area contributed by atoms with Crippen molar-refractivity contribution in [1.29, 1.82) is 0 Å². The van der Waals surface area contributed by atoms with Gasteiger partial charge in [0.2, 0.25) is 0 Å². The Labute approximate surface area is 144 Å².